The summed E-state index contributed by atoms with van der Waals surface area (Å²) in [5.41, 5.74) is 22.2. The maximum Gasteiger partial charge on any atom is 0.122 e. The number of hydrogen-bond donors (Lipinski definition) is 8. The van der Waals surface area contributed by atoms with Gasteiger partial charge in [0.1, 0.15) is 46.0 Å². The highest BCUT2D eigenvalue weighted by Gasteiger charge is 2.27. The molecule has 0 heterocycles. The molecule has 16 bridgehead atoms. The standard InChI is InChI=1S/C104H80O8/c105-97-81-41-73(65-25-9-1-10-26-65)42-82(97)58-84-44-75(67-29-13-3-14-30-67)46-86(99(84)107)60-88-48-77(69-33-17-5-18-34-69)50-90(101(88)109)62-92-52-79(71-37-21-7-22-38-71)54-94(103(92)111)64-96-56-80(72-39-23-8-24-40-72)55-95(104(96)112)63-93-53-78(70-35-19-6-20-36-70)51-91(102(93)110)61-89-49-76(68-31-15-4-16-32-68)47-87(100(89)108)59-85-45-74(43-83(57-81)98(85)106)66-27-11-2-12-28-66/h1-56,105-112H,57-64H2. The van der Waals surface area contributed by atoms with E-state index in [1.807, 2.05) is 340 Å². The molecule has 0 fully saturated rings. The second-order valence-electron chi connectivity index (χ2n) is 29.5. The third kappa shape index (κ3) is 14.8. The predicted octanol–water partition coefficient (Wildman–Crippen LogP) is 23.7. The highest BCUT2D eigenvalue weighted by Crippen LogP contribution is 2.47. The van der Waals surface area contributed by atoms with Crippen LogP contribution in [0.5, 0.6) is 46.0 Å². The third-order valence-electron chi connectivity index (χ3n) is 22.0. The summed E-state index contributed by atoms with van der Waals surface area (Å²) in [6, 6.07) is 111. The number of hydrogen-bond acceptors (Lipinski definition) is 8. The first-order valence-electron chi connectivity index (χ1n) is 38.0. The number of phenols is 8. The van der Waals surface area contributed by atoms with Crippen molar-refractivity contribution in [2.75, 3.05) is 0 Å². The topological polar surface area (TPSA) is 162 Å². The lowest BCUT2D eigenvalue weighted by molar-refractivity contribution is 0.452. The van der Waals surface area contributed by atoms with Crippen LogP contribution in [0.4, 0.5) is 0 Å². The van der Waals surface area contributed by atoms with Crippen molar-refractivity contribution in [2.45, 2.75) is 51.4 Å². The van der Waals surface area contributed by atoms with Gasteiger partial charge in [-0.1, -0.05) is 243 Å². The van der Waals surface area contributed by atoms with Crippen LogP contribution in [0, 0.1) is 0 Å². The van der Waals surface area contributed by atoms with Crippen LogP contribution in [0.25, 0.3) is 89.0 Å². The van der Waals surface area contributed by atoms with Crippen molar-refractivity contribution in [1.29, 1.82) is 0 Å². The van der Waals surface area contributed by atoms with Crippen LogP contribution in [-0.2, 0) is 51.4 Å². The maximum absolute atomic E-state index is 13.1. The Balaban J connectivity index is 0.901. The van der Waals surface area contributed by atoms with Gasteiger partial charge in [0.2, 0.25) is 0 Å². The summed E-state index contributed by atoms with van der Waals surface area (Å²) in [6.07, 6.45) is 0.600. The smallest absolute Gasteiger partial charge is 0.122 e. The molecule has 0 aromatic heterocycles. The SMILES string of the molecule is Oc1c2cc(-c3ccccc3)cc1Cc1cc(-c3ccccc3)cc(c1O)Cc1cc(-c3ccccc3)cc(c1O)Cc1cc(-c3ccccc3)cc(c1O)Cc1cc(-c3ccccc3)cc(c1O)Cc1cc(-c3ccccc3)cc(c1O)Cc1cc(-c3ccccc3)cc(c1O)Cc1cc(-c3ccccc3)cc(c1O)C2. The molecule has 0 saturated heterocycles. The van der Waals surface area contributed by atoms with Crippen LogP contribution < -0.4 is 0 Å². The summed E-state index contributed by atoms with van der Waals surface area (Å²) < 4.78 is 0. The van der Waals surface area contributed by atoms with Crippen LogP contribution in [0.3, 0.4) is 0 Å². The van der Waals surface area contributed by atoms with Crippen LogP contribution >= 0.6 is 0 Å². The van der Waals surface area contributed by atoms with Crippen molar-refractivity contribution in [2.24, 2.45) is 0 Å². The Hall–Kier alpha value is -14.1. The number of fused-ring (bicyclic) bond motifs is 16. The van der Waals surface area contributed by atoms with Gasteiger partial charge in [-0.2, -0.15) is 0 Å². The highest BCUT2D eigenvalue weighted by atomic mass is 16.3. The highest BCUT2D eigenvalue weighted by molar-refractivity contribution is 5.78. The molecule has 1 aliphatic carbocycles. The Bertz CT molecular complexity index is 4840. The Kier molecular flexibility index (Phi) is 19.5. The minimum atomic E-state index is -0.00848. The second kappa shape index (κ2) is 30.9. The molecule has 0 unspecified atom stereocenters. The van der Waals surface area contributed by atoms with Crippen molar-refractivity contribution >= 4 is 0 Å². The zero-order valence-corrected chi connectivity index (χ0v) is 61.6. The molecule has 16 aromatic carbocycles. The zero-order chi connectivity index (χ0) is 76.3. The molecule has 1 aliphatic rings. The molecular weight excluding hydrogens is 1380 g/mol. The van der Waals surface area contributed by atoms with E-state index in [1.165, 1.54) is 0 Å². The quantitative estimate of drug-likeness (QED) is 0.0746. The monoisotopic (exact) mass is 1460 g/mol. The summed E-state index contributed by atoms with van der Waals surface area (Å²) in [5.74, 6) is -0.0678. The van der Waals surface area contributed by atoms with Gasteiger partial charge in [0.15, 0.2) is 0 Å². The molecule has 544 valence electrons. The Morgan fingerprint density at radius 1 is 0.107 bits per heavy atom. The van der Waals surface area contributed by atoms with Crippen molar-refractivity contribution in [3.63, 3.8) is 0 Å². The summed E-state index contributed by atoms with van der Waals surface area (Å²) in [4.78, 5) is 0. The Labute approximate surface area is 652 Å². The molecule has 0 atom stereocenters. The van der Waals surface area contributed by atoms with Gasteiger partial charge in [0.25, 0.3) is 0 Å². The number of benzene rings is 16. The van der Waals surface area contributed by atoms with E-state index in [2.05, 4.69) is 0 Å². The van der Waals surface area contributed by atoms with Crippen LogP contribution in [0.15, 0.2) is 340 Å². The normalized spacial score (nSPS) is 12.3. The number of rotatable bonds is 8. The van der Waals surface area contributed by atoms with Crippen molar-refractivity contribution in [3.8, 4) is 135 Å². The molecule has 16 aromatic rings. The first kappa shape index (κ1) is 70.9. The van der Waals surface area contributed by atoms with Crippen molar-refractivity contribution in [1.82, 2.24) is 0 Å². The molecule has 112 heavy (non-hydrogen) atoms. The fourth-order valence-corrected chi connectivity index (χ4v) is 16.3. The first-order chi connectivity index (χ1) is 54.7. The van der Waals surface area contributed by atoms with E-state index >= 15 is 0 Å². The molecule has 0 amide bonds. The lowest BCUT2D eigenvalue weighted by atomic mass is 9.86. The molecule has 0 spiro atoms. The van der Waals surface area contributed by atoms with Crippen LogP contribution in [-0.4, -0.2) is 40.9 Å². The van der Waals surface area contributed by atoms with Gasteiger partial charge in [0, 0.05) is 51.4 Å². The number of phenolic OH excluding ortho intramolecular Hbond substituents is 8. The lowest BCUT2D eigenvalue weighted by Gasteiger charge is -2.20. The van der Waals surface area contributed by atoms with E-state index in [0.29, 0.717) is 89.0 Å². The van der Waals surface area contributed by atoms with E-state index in [-0.39, 0.29) is 97.4 Å². The first-order valence-corrected chi connectivity index (χ1v) is 38.0. The third-order valence-corrected chi connectivity index (χ3v) is 22.0. The van der Waals surface area contributed by atoms with Gasteiger partial charge in [-0.3, -0.25) is 0 Å². The van der Waals surface area contributed by atoms with Crippen molar-refractivity contribution < 1.29 is 40.9 Å². The van der Waals surface area contributed by atoms with E-state index in [4.69, 9.17) is 0 Å². The van der Waals surface area contributed by atoms with Gasteiger partial charge in [-0.15, -0.1) is 0 Å². The van der Waals surface area contributed by atoms with Crippen LogP contribution in [0.2, 0.25) is 0 Å². The Morgan fingerprint density at radius 3 is 0.268 bits per heavy atom. The van der Waals surface area contributed by atoms with Gasteiger partial charge in [-0.25, -0.2) is 0 Å². The van der Waals surface area contributed by atoms with Crippen molar-refractivity contribution in [3.05, 3.63) is 429 Å². The van der Waals surface area contributed by atoms with Gasteiger partial charge < -0.3 is 40.9 Å². The molecule has 8 N–H and O–H groups in total. The molecule has 8 nitrogen and oxygen atoms in total. The molecule has 17 rings (SSSR count). The van der Waals surface area contributed by atoms with Crippen LogP contribution in [0.1, 0.15) is 89.0 Å². The summed E-state index contributed by atoms with van der Waals surface area (Å²) in [7, 11) is 0. The zero-order valence-electron chi connectivity index (χ0n) is 61.6. The van der Waals surface area contributed by atoms with Gasteiger partial charge in [-0.05, 0) is 275 Å². The van der Waals surface area contributed by atoms with Gasteiger partial charge >= 0.3 is 0 Å². The molecule has 0 aliphatic heterocycles. The molecule has 0 radical (unpaired) electrons. The minimum absolute atomic E-state index is 0.00848. The van der Waals surface area contributed by atoms with E-state index in [1.54, 1.807) is 0 Å². The van der Waals surface area contributed by atoms with Gasteiger partial charge in [0.05, 0.1) is 0 Å². The fourth-order valence-electron chi connectivity index (χ4n) is 16.3. The van der Waals surface area contributed by atoms with E-state index < -0.39 is 0 Å². The largest absolute Gasteiger partial charge is 0.507 e. The molecular formula is C104H80O8. The van der Waals surface area contributed by atoms with E-state index in [9.17, 15) is 40.9 Å². The minimum Gasteiger partial charge on any atom is -0.507 e. The molecule has 8 heteroatoms. The average Bonchev–Trinajstić information content (AvgIpc) is 0.780. The maximum atomic E-state index is 13.1. The Morgan fingerprint density at radius 2 is 0.188 bits per heavy atom. The summed E-state index contributed by atoms with van der Waals surface area (Å²) in [6.45, 7) is 0. The second-order valence-corrected chi connectivity index (χ2v) is 29.5. The van der Waals surface area contributed by atoms with E-state index in [0.717, 1.165) is 89.0 Å². The fraction of sp³-hybridized carbons (Fsp3) is 0.0769. The summed E-state index contributed by atoms with van der Waals surface area (Å²) >= 11 is 0. The molecule has 0 saturated carbocycles. The summed E-state index contributed by atoms with van der Waals surface area (Å²) in [5, 5.41) is 105. The average molecular weight is 1460 g/mol. The predicted molar refractivity (Wildman–Crippen MR) is 451 cm³/mol. The lowest BCUT2D eigenvalue weighted by Crippen LogP contribution is -2.03. The number of aromatic hydroxyl groups is 8.